The quantitative estimate of drug-likeness (QED) is 0.598. The van der Waals surface area contributed by atoms with E-state index in [-0.39, 0.29) is 24.1 Å². The van der Waals surface area contributed by atoms with Crippen molar-refractivity contribution in [3.05, 3.63) is 90.0 Å². The Balaban J connectivity index is 1.24. The predicted molar refractivity (Wildman–Crippen MR) is 141 cm³/mol. The molecule has 0 spiro atoms. The van der Waals surface area contributed by atoms with Crippen molar-refractivity contribution >= 4 is 34.8 Å². The van der Waals surface area contributed by atoms with Crippen molar-refractivity contribution in [2.75, 3.05) is 47.8 Å². The summed E-state index contributed by atoms with van der Waals surface area (Å²) in [6, 6.07) is 25.0. The lowest BCUT2D eigenvalue weighted by molar-refractivity contribution is -0.122. The lowest BCUT2D eigenvalue weighted by atomic mass is 10.1. The fourth-order valence-corrected chi connectivity index (χ4v) is 4.97. The summed E-state index contributed by atoms with van der Waals surface area (Å²) in [5.41, 5.74) is 3.94. The number of carbonyl (C=O) groups excluding carboxylic acids is 3. The topological polar surface area (TPSA) is 73.0 Å². The summed E-state index contributed by atoms with van der Waals surface area (Å²) in [5.74, 6) is -0.879. The molecule has 0 aliphatic carbocycles. The molecule has 36 heavy (non-hydrogen) atoms. The zero-order chi connectivity index (χ0) is 25.1. The van der Waals surface area contributed by atoms with E-state index in [9.17, 15) is 14.4 Å². The fraction of sp³-hybridized carbons (Fsp3) is 0.276. The average molecular weight is 483 g/mol. The normalized spacial score (nSPS) is 17.9. The number of nitrogens with zero attached hydrogens (tertiary/aromatic N) is 3. The fourth-order valence-electron chi connectivity index (χ4n) is 4.97. The summed E-state index contributed by atoms with van der Waals surface area (Å²) < 4.78 is 0. The Morgan fingerprint density at radius 2 is 1.50 bits per heavy atom. The molecule has 1 atom stereocenters. The van der Waals surface area contributed by atoms with Crippen molar-refractivity contribution in [1.82, 2.24) is 4.90 Å². The van der Waals surface area contributed by atoms with Crippen LogP contribution in [0.1, 0.15) is 22.3 Å². The lowest BCUT2D eigenvalue weighted by Gasteiger charge is -2.36. The Bertz CT molecular complexity index is 1270. The maximum atomic E-state index is 13.4. The number of hydrogen-bond donors (Lipinski definition) is 1. The van der Waals surface area contributed by atoms with Gasteiger partial charge in [-0.1, -0.05) is 48.5 Å². The van der Waals surface area contributed by atoms with Crippen molar-refractivity contribution in [3.63, 3.8) is 0 Å². The van der Waals surface area contributed by atoms with Crippen LogP contribution < -0.4 is 15.1 Å². The second kappa shape index (κ2) is 10.2. The summed E-state index contributed by atoms with van der Waals surface area (Å²) >= 11 is 0. The standard InChI is InChI=1S/C29H30N4O3/c1-21-9-5-8-14-26(21)33-20-22(19-27(33)34)28(35)30-25-13-7-6-12-24(25)29(36)32-17-15-31(16-18-32)23-10-3-2-4-11-23/h2-14,22H,15-20H2,1H3,(H,30,35). The minimum absolute atomic E-state index is 0.0647. The van der Waals surface area contributed by atoms with Crippen LogP contribution >= 0.6 is 0 Å². The highest BCUT2D eigenvalue weighted by molar-refractivity contribution is 6.07. The maximum absolute atomic E-state index is 13.4. The second-order valence-corrected chi connectivity index (χ2v) is 9.34. The molecule has 5 rings (SSSR count). The van der Waals surface area contributed by atoms with Gasteiger partial charge in [0.1, 0.15) is 0 Å². The minimum atomic E-state index is -0.477. The monoisotopic (exact) mass is 482 g/mol. The molecule has 2 saturated heterocycles. The van der Waals surface area contributed by atoms with E-state index in [0.29, 0.717) is 30.9 Å². The van der Waals surface area contributed by atoms with Gasteiger partial charge in [0.05, 0.1) is 17.2 Å². The van der Waals surface area contributed by atoms with E-state index in [2.05, 4.69) is 22.3 Å². The Morgan fingerprint density at radius 3 is 2.25 bits per heavy atom. The molecule has 0 saturated carbocycles. The van der Waals surface area contributed by atoms with Crippen molar-refractivity contribution in [2.45, 2.75) is 13.3 Å². The van der Waals surface area contributed by atoms with Crippen LogP contribution in [-0.4, -0.2) is 55.3 Å². The molecule has 1 N–H and O–H groups in total. The van der Waals surface area contributed by atoms with Crippen molar-refractivity contribution in [1.29, 1.82) is 0 Å². The number of benzene rings is 3. The van der Waals surface area contributed by atoms with E-state index in [1.165, 1.54) is 0 Å². The van der Waals surface area contributed by atoms with E-state index in [4.69, 9.17) is 0 Å². The number of amides is 3. The van der Waals surface area contributed by atoms with Gasteiger partial charge in [-0.3, -0.25) is 14.4 Å². The summed E-state index contributed by atoms with van der Waals surface area (Å²) in [7, 11) is 0. The Labute approximate surface area is 211 Å². The molecule has 2 fully saturated rings. The number of para-hydroxylation sites is 3. The van der Waals surface area contributed by atoms with Crippen LogP contribution in [0.5, 0.6) is 0 Å². The Hall–Kier alpha value is -4.13. The van der Waals surface area contributed by atoms with Crippen molar-refractivity contribution in [2.24, 2.45) is 5.92 Å². The highest BCUT2D eigenvalue weighted by atomic mass is 16.2. The molecule has 0 aromatic heterocycles. The van der Waals surface area contributed by atoms with Crippen LogP contribution in [0.15, 0.2) is 78.9 Å². The van der Waals surface area contributed by atoms with Crippen LogP contribution in [0.2, 0.25) is 0 Å². The molecule has 2 aliphatic heterocycles. The molecular weight excluding hydrogens is 452 g/mol. The third kappa shape index (κ3) is 4.82. The maximum Gasteiger partial charge on any atom is 0.256 e. The van der Waals surface area contributed by atoms with Gasteiger partial charge in [-0.2, -0.15) is 0 Å². The molecule has 2 heterocycles. The first-order chi connectivity index (χ1) is 17.5. The summed E-state index contributed by atoms with van der Waals surface area (Å²) in [4.78, 5) is 45.0. The number of carbonyl (C=O) groups is 3. The molecule has 0 radical (unpaired) electrons. The average Bonchev–Trinajstić information content (AvgIpc) is 3.31. The van der Waals surface area contributed by atoms with Gasteiger partial charge < -0.3 is 20.0 Å². The number of rotatable bonds is 5. The predicted octanol–water partition coefficient (Wildman–Crippen LogP) is 3.95. The van der Waals surface area contributed by atoms with Gasteiger partial charge in [-0.05, 0) is 42.8 Å². The van der Waals surface area contributed by atoms with E-state index in [0.717, 1.165) is 30.0 Å². The van der Waals surface area contributed by atoms with Crippen LogP contribution in [0.4, 0.5) is 17.1 Å². The Kier molecular flexibility index (Phi) is 6.71. The molecule has 7 heteroatoms. The van der Waals surface area contributed by atoms with Crippen LogP contribution in [-0.2, 0) is 9.59 Å². The SMILES string of the molecule is Cc1ccccc1N1CC(C(=O)Nc2ccccc2C(=O)N2CCN(c3ccccc3)CC2)CC1=O. The second-order valence-electron chi connectivity index (χ2n) is 9.34. The summed E-state index contributed by atoms with van der Waals surface area (Å²) in [6.45, 7) is 5.01. The van der Waals surface area contributed by atoms with Gasteiger partial charge >= 0.3 is 0 Å². The van der Waals surface area contributed by atoms with Gasteiger partial charge in [0.25, 0.3) is 5.91 Å². The highest BCUT2D eigenvalue weighted by Crippen LogP contribution is 2.29. The first-order valence-electron chi connectivity index (χ1n) is 12.4. The van der Waals surface area contributed by atoms with Crippen LogP contribution in [0, 0.1) is 12.8 Å². The van der Waals surface area contributed by atoms with Gasteiger partial charge in [-0.15, -0.1) is 0 Å². The van der Waals surface area contributed by atoms with Gasteiger partial charge in [0.2, 0.25) is 11.8 Å². The van der Waals surface area contributed by atoms with E-state index >= 15 is 0 Å². The van der Waals surface area contributed by atoms with Crippen molar-refractivity contribution < 1.29 is 14.4 Å². The largest absolute Gasteiger partial charge is 0.368 e. The molecule has 3 aromatic rings. The zero-order valence-electron chi connectivity index (χ0n) is 20.4. The molecular formula is C29H30N4O3. The van der Waals surface area contributed by atoms with Gasteiger partial charge in [0.15, 0.2) is 0 Å². The first-order valence-corrected chi connectivity index (χ1v) is 12.4. The van der Waals surface area contributed by atoms with Gasteiger partial charge in [-0.25, -0.2) is 0 Å². The number of nitrogens with one attached hydrogen (secondary N) is 1. The lowest BCUT2D eigenvalue weighted by Crippen LogP contribution is -2.49. The number of anilines is 3. The minimum Gasteiger partial charge on any atom is -0.368 e. The van der Waals surface area contributed by atoms with Crippen molar-refractivity contribution in [3.8, 4) is 0 Å². The number of hydrogen-bond acceptors (Lipinski definition) is 4. The summed E-state index contributed by atoms with van der Waals surface area (Å²) in [6.07, 6.45) is 0.151. The molecule has 3 aromatic carbocycles. The third-order valence-corrected chi connectivity index (χ3v) is 7.01. The van der Waals surface area contributed by atoms with Crippen LogP contribution in [0.3, 0.4) is 0 Å². The van der Waals surface area contributed by atoms with E-state index in [1.54, 1.807) is 23.1 Å². The molecule has 0 bridgehead atoms. The third-order valence-electron chi connectivity index (χ3n) is 7.01. The molecule has 184 valence electrons. The zero-order valence-corrected chi connectivity index (χ0v) is 20.4. The van der Waals surface area contributed by atoms with Crippen LogP contribution in [0.25, 0.3) is 0 Å². The molecule has 1 unspecified atom stereocenters. The highest BCUT2D eigenvalue weighted by Gasteiger charge is 2.36. The summed E-state index contributed by atoms with van der Waals surface area (Å²) in [5, 5.41) is 2.94. The first kappa shape index (κ1) is 23.6. The number of piperazine rings is 1. The molecule has 2 aliphatic rings. The molecule has 3 amide bonds. The molecule has 7 nitrogen and oxygen atoms in total. The van der Waals surface area contributed by atoms with E-state index in [1.807, 2.05) is 60.4 Å². The number of aryl methyl sites for hydroxylation is 1. The Morgan fingerprint density at radius 1 is 0.833 bits per heavy atom. The van der Waals surface area contributed by atoms with Gasteiger partial charge in [0, 0.05) is 50.5 Å². The smallest absolute Gasteiger partial charge is 0.256 e. The van der Waals surface area contributed by atoms with E-state index < -0.39 is 5.92 Å².